The van der Waals surface area contributed by atoms with Gasteiger partial charge in [0, 0.05) is 6.54 Å². The molecule has 1 fully saturated rings. The predicted molar refractivity (Wildman–Crippen MR) is 85.5 cm³/mol. The van der Waals surface area contributed by atoms with Crippen LogP contribution in [0.25, 0.3) is 0 Å². The summed E-state index contributed by atoms with van der Waals surface area (Å²) >= 11 is 5.68. The van der Waals surface area contributed by atoms with Crippen molar-refractivity contribution in [2.45, 2.75) is 58.7 Å². The van der Waals surface area contributed by atoms with Crippen LogP contribution in [0.15, 0.2) is 0 Å². The van der Waals surface area contributed by atoms with Gasteiger partial charge in [-0.3, -0.25) is 4.79 Å². The van der Waals surface area contributed by atoms with Crippen LogP contribution < -0.4 is 0 Å². The van der Waals surface area contributed by atoms with Gasteiger partial charge >= 0.3 is 0 Å². The lowest BCUT2D eigenvalue weighted by molar-refractivity contribution is -0.153. The van der Waals surface area contributed by atoms with Crippen molar-refractivity contribution in [1.29, 1.82) is 0 Å². The van der Waals surface area contributed by atoms with Gasteiger partial charge in [-0.05, 0) is 25.2 Å². The van der Waals surface area contributed by atoms with Crippen LogP contribution in [0.1, 0.15) is 52.4 Å². The van der Waals surface area contributed by atoms with Crippen molar-refractivity contribution in [3.63, 3.8) is 0 Å². The second-order valence-corrected chi connectivity index (χ2v) is 6.02. The molecule has 0 radical (unpaired) electrons. The maximum Gasteiger partial charge on any atom is 0.237 e. The number of alkyl halides is 1. The Morgan fingerprint density at radius 2 is 2.00 bits per heavy atom. The van der Waals surface area contributed by atoms with Crippen LogP contribution in [0.4, 0.5) is 0 Å². The number of carbonyl (C=O) groups excluding carboxylic acids is 1. The van der Waals surface area contributed by atoms with Crippen molar-refractivity contribution >= 4 is 17.5 Å². The Morgan fingerprint density at radius 3 is 2.67 bits per heavy atom. The molecule has 124 valence electrons. The maximum absolute atomic E-state index is 11.9. The average Bonchev–Trinajstić information content (AvgIpc) is 2.73. The first kappa shape index (κ1) is 18.7. The van der Waals surface area contributed by atoms with E-state index in [1.807, 2.05) is 0 Å². The SMILES string of the molecule is CCCCC1CCOC(CN(CCCC)C(=O)CCl)OC1. The summed E-state index contributed by atoms with van der Waals surface area (Å²) in [6.45, 7) is 6.99. The van der Waals surface area contributed by atoms with E-state index < -0.39 is 0 Å². The third-order valence-electron chi connectivity index (χ3n) is 3.93. The fourth-order valence-corrected chi connectivity index (χ4v) is 2.67. The van der Waals surface area contributed by atoms with Gasteiger partial charge < -0.3 is 14.4 Å². The lowest BCUT2D eigenvalue weighted by Crippen LogP contribution is -2.40. The first-order valence-corrected chi connectivity index (χ1v) is 8.81. The van der Waals surface area contributed by atoms with Crippen LogP contribution >= 0.6 is 11.6 Å². The van der Waals surface area contributed by atoms with Gasteiger partial charge in [-0.1, -0.05) is 33.1 Å². The van der Waals surface area contributed by atoms with Gasteiger partial charge in [0.2, 0.25) is 5.91 Å². The van der Waals surface area contributed by atoms with E-state index in [0.29, 0.717) is 12.5 Å². The van der Waals surface area contributed by atoms with Crippen LogP contribution in [-0.2, 0) is 14.3 Å². The summed E-state index contributed by atoms with van der Waals surface area (Å²) in [6.07, 6.45) is 6.44. The zero-order chi connectivity index (χ0) is 15.5. The van der Waals surface area contributed by atoms with Crippen molar-refractivity contribution < 1.29 is 14.3 Å². The van der Waals surface area contributed by atoms with Crippen molar-refractivity contribution in [2.75, 3.05) is 32.2 Å². The van der Waals surface area contributed by atoms with Gasteiger partial charge in [0.05, 0.1) is 19.8 Å². The van der Waals surface area contributed by atoms with Crippen molar-refractivity contribution in [1.82, 2.24) is 4.90 Å². The number of unbranched alkanes of at least 4 members (excludes halogenated alkanes) is 2. The van der Waals surface area contributed by atoms with Crippen LogP contribution in [0.3, 0.4) is 0 Å². The van der Waals surface area contributed by atoms with Crippen molar-refractivity contribution in [2.24, 2.45) is 5.92 Å². The quantitative estimate of drug-likeness (QED) is 0.611. The summed E-state index contributed by atoms with van der Waals surface area (Å²) in [6, 6.07) is 0. The van der Waals surface area contributed by atoms with Crippen molar-refractivity contribution in [3.8, 4) is 0 Å². The van der Waals surface area contributed by atoms with Crippen LogP contribution in [-0.4, -0.2) is 49.3 Å². The van der Waals surface area contributed by atoms with E-state index in [1.54, 1.807) is 4.90 Å². The largest absolute Gasteiger partial charge is 0.351 e. The second kappa shape index (κ2) is 11.3. The van der Waals surface area contributed by atoms with Crippen LogP contribution in [0.2, 0.25) is 0 Å². The van der Waals surface area contributed by atoms with E-state index in [1.165, 1.54) is 19.3 Å². The molecule has 5 heteroatoms. The average molecular weight is 320 g/mol. The molecule has 0 aromatic rings. The minimum absolute atomic E-state index is 0.0234. The molecular formula is C16H30ClNO3. The molecule has 1 aliphatic rings. The third-order valence-corrected chi connectivity index (χ3v) is 4.16. The summed E-state index contributed by atoms with van der Waals surface area (Å²) in [5, 5.41) is 0. The molecule has 1 heterocycles. The molecule has 1 aliphatic heterocycles. The first-order chi connectivity index (χ1) is 10.2. The minimum atomic E-state index is -0.305. The van der Waals surface area contributed by atoms with Gasteiger partial charge in [-0.15, -0.1) is 11.6 Å². The minimum Gasteiger partial charge on any atom is -0.351 e. The van der Waals surface area contributed by atoms with E-state index in [0.717, 1.165) is 39.0 Å². The van der Waals surface area contributed by atoms with Gasteiger partial charge in [0.15, 0.2) is 6.29 Å². The van der Waals surface area contributed by atoms with Crippen LogP contribution in [0, 0.1) is 5.92 Å². The number of halogens is 1. The molecular weight excluding hydrogens is 290 g/mol. The molecule has 1 rings (SSSR count). The zero-order valence-corrected chi connectivity index (χ0v) is 14.2. The first-order valence-electron chi connectivity index (χ1n) is 8.28. The highest BCUT2D eigenvalue weighted by Crippen LogP contribution is 2.19. The molecule has 4 nitrogen and oxygen atoms in total. The number of nitrogens with zero attached hydrogens (tertiary/aromatic N) is 1. The van der Waals surface area contributed by atoms with E-state index in [-0.39, 0.29) is 18.1 Å². The summed E-state index contributed by atoms with van der Waals surface area (Å²) in [5.41, 5.74) is 0. The standard InChI is InChI=1S/C16H30ClNO3/c1-3-5-7-14-8-10-20-16(21-13-14)12-18(9-6-4-2)15(19)11-17/h14,16H,3-13H2,1-2H3. The van der Waals surface area contributed by atoms with Crippen molar-refractivity contribution in [3.05, 3.63) is 0 Å². The Labute approximate surface area is 134 Å². The molecule has 2 unspecified atom stereocenters. The number of hydrogen-bond acceptors (Lipinski definition) is 3. The van der Waals surface area contributed by atoms with E-state index in [4.69, 9.17) is 21.1 Å². The highest BCUT2D eigenvalue weighted by atomic mass is 35.5. The lowest BCUT2D eigenvalue weighted by Gasteiger charge is -2.26. The van der Waals surface area contributed by atoms with Gasteiger partial charge in [-0.25, -0.2) is 0 Å². The van der Waals surface area contributed by atoms with Gasteiger partial charge in [-0.2, -0.15) is 0 Å². The topological polar surface area (TPSA) is 38.8 Å². The number of hydrogen-bond donors (Lipinski definition) is 0. The molecule has 0 N–H and O–H groups in total. The summed E-state index contributed by atoms with van der Waals surface area (Å²) in [4.78, 5) is 13.6. The van der Waals surface area contributed by atoms with Gasteiger partial charge in [0.25, 0.3) is 0 Å². The molecule has 1 amide bonds. The summed E-state index contributed by atoms with van der Waals surface area (Å²) in [5.74, 6) is 0.571. The smallest absolute Gasteiger partial charge is 0.237 e. The monoisotopic (exact) mass is 319 g/mol. The number of amides is 1. The fourth-order valence-electron chi connectivity index (χ4n) is 2.50. The molecule has 2 atom stereocenters. The molecule has 0 saturated carbocycles. The molecule has 1 saturated heterocycles. The highest BCUT2D eigenvalue weighted by molar-refractivity contribution is 6.27. The van der Waals surface area contributed by atoms with Gasteiger partial charge in [0.1, 0.15) is 5.88 Å². The van der Waals surface area contributed by atoms with E-state index >= 15 is 0 Å². The van der Waals surface area contributed by atoms with E-state index in [2.05, 4.69) is 13.8 Å². The number of ether oxygens (including phenoxy) is 2. The second-order valence-electron chi connectivity index (χ2n) is 5.76. The Hall–Kier alpha value is -0.320. The third kappa shape index (κ3) is 7.48. The number of carbonyl (C=O) groups is 1. The fraction of sp³-hybridized carbons (Fsp3) is 0.938. The zero-order valence-electron chi connectivity index (χ0n) is 13.5. The molecule has 0 aromatic carbocycles. The Balaban J connectivity index is 2.42. The molecule has 0 aromatic heterocycles. The molecule has 0 spiro atoms. The summed E-state index contributed by atoms with van der Waals surface area (Å²) < 4.78 is 11.6. The maximum atomic E-state index is 11.9. The Kier molecular flexibility index (Phi) is 10.1. The Bertz CT molecular complexity index is 289. The highest BCUT2D eigenvalue weighted by Gasteiger charge is 2.23. The number of rotatable bonds is 9. The molecule has 0 bridgehead atoms. The normalized spacial score (nSPS) is 22.8. The predicted octanol–water partition coefficient (Wildman–Crippen LogP) is 3.42. The molecule has 0 aliphatic carbocycles. The lowest BCUT2D eigenvalue weighted by atomic mass is 10.0. The molecule has 21 heavy (non-hydrogen) atoms. The van der Waals surface area contributed by atoms with E-state index in [9.17, 15) is 4.79 Å². The summed E-state index contributed by atoms with van der Waals surface area (Å²) in [7, 11) is 0. The van der Waals surface area contributed by atoms with Crippen LogP contribution in [0.5, 0.6) is 0 Å². The Morgan fingerprint density at radius 1 is 1.24 bits per heavy atom.